The van der Waals surface area contributed by atoms with Gasteiger partial charge in [0, 0.05) is 30.7 Å². The number of likely N-dealkylation sites (tertiary alicyclic amines) is 1. The molecule has 0 atom stereocenters. The second kappa shape index (κ2) is 5.10. The lowest BCUT2D eigenvalue weighted by atomic mass is 10.1. The highest BCUT2D eigenvalue weighted by atomic mass is 32.1. The molecule has 0 unspecified atom stereocenters. The molecule has 0 aromatic carbocycles. The van der Waals surface area contributed by atoms with Gasteiger partial charge in [0.1, 0.15) is 0 Å². The molecule has 0 bridgehead atoms. The molecule has 0 aliphatic carbocycles. The van der Waals surface area contributed by atoms with E-state index in [1.54, 1.807) is 11.3 Å². The van der Waals surface area contributed by atoms with Crippen LogP contribution in [0.25, 0.3) is 0 Å². The van der Waals surface area contributed by atoms with Crippen molar-refractivity contribution in [1.29, 1.82) is 5.26 Å². The molecule has 1 saturated heterocycles. The lowest BCUT2D eigenvalue weighted by Gasteiger charge is -2.30. The Kier molecular flexibility index (Phi) is 3.54. The third-order valence-electron chi connectivity index (χ3n) is 2.64. The average molecular weight is 222 g/mol. The van der Waals surface area contributed by atoms with Crippen LogP contribution in [0.3, 0.4) is 0 Å². The quantitative estimate of drug-likeness (QED) is 0.788. The Labute approximate surface area is 93.5 Å². The summed E-state index contributed by atoms with van der Waals surface area (Å²) in [5, 5.41) is 15.0. The molecule has 0 amide bonds. The van der Waals surface area contributed by atoms with Crippen molar-refractivity contribution in [3.05, 3.63) is 11.6 Å². The van der Waals surface area contributed by atoms with Crippen molar-refractivity contribution in [2.45, 2.75) is 18.9 Å². The molecule has 0 saturated carbocycles. The normalized spacial score (nSPS) is 18.6. The van der Waals surface area contributed by atoms with E-state index in [0.717, 1.165) is 31.1 Å². The number of aromatic nitrogens is 1. The van der Waals surface area contributed by atoms with Crippen molar-refractivity contribution in [2.75, 3.05) is 25.0 Å². The number of piperidine rings is 1. The first kappa shape index (κ1) is 10.4. The molecule has 1 aliphatic heterocycles. The fourth-order valence-electron chi connectivity index (χ4n) is 1.80. The molecule has 2 heterocycles. The largest absolute Gasteiger partial charge is 0.359 e. The van der Waals surface area contributed by atoms with Gasteiger partial charge in [-0.05, 0) is 12.8 Å². The molecule has 1 aromatic rings. The summed E-state index contributed by atoms with van der Waals surface area (Å²) in [4.78, 5) is 6.40. The summed E-state index contributed by atoms with van der Waals surface area (Å²) in [5.74, 6) is 0. The summed E-state index contributed by atoms with van der Waals surface area (Å²) in [7, 11) is 0. The van der Waals surface area contributed by atoms with Crippen LogP contribution in [0.5, 0.6) is 0 Å². The van der Waals surface area contributed by atoms with Crippen LogP contribution >= 0.6 is 11.3 Å². The van der Waals surface area contributed by atoms with Crippen LogP contribution in [0.2, 0.25) is 0 Å². The topological polar surface area (TPSA) is 52.0 Å². The van der Waals surface area contributed by atoms with E-state index in [2.05, 4.69) is 21.3 Å². The van der Waals surface area contributed by atoms with Crippen molar-refractivity contribution >= 4 is 16.5 Å². The molecule has 4 nitrogen and oxygen atoms in total. The van der Waals surface area contributed by atoms with E-state index in [-0.39, 0.29) is 0 Å². The minimum absolute atomic E-state index is 0.520. The fourth-order valence-corrected chi connectivity index (χ4v) is 2.41. The standard InChI is InChI=1S/C10H14N4S/c11-3-7-14-5-1-9(2-6-14)13-10-12-4-8-15-10/h4,8-9H,1-2,5-7H2,(H,12,13). The predicted octanol–water partition coefficient (Wildman–Crippen LogP) is 1.54. The SMILES string of the molecule is N#CCN1CCC(Nc2nccs2)CC1. The Morgan fingerprint density at radius 1 is 1.60 bits per heavy atom. The highest BCUT2D eigenvalue weighted by molar-refractivity contribution is 7.13. The zero-order valence-electron chi connectivity index (χ0n) is 8.52. The molecule has 1 aliphatic rings. The van der Waals surface area contributed by atoms with Crippen LogP contribution in [0.1, 0.15) is 12.8 Å². The van der Waals surface area contributed by atoms with E-state index in [4.69, 9.17) is 5.26 Å². The molecular formula is C10H14N4S. The van der Waals surface area contributed by atoms with Gasteiger partial charge in [0.2, 0.25) is 0 Å². The number of nitriles is 1. The van der Waals surface area contributed by atoms with Crippen LogP contribution in [0.15, 0.2) is 11.6 Å². The van der Waals surface area contributed by atoms with Crippen LogP contribution < -0.4 is 5.32 Å². The van der Waals surface area contributed by atoms with Gasteiger partial charge in [-0.15, -0.1) is 11.3 Å². The first-order chi connectivity index (χ1) is 7.38. The fraction of sp³-hybridized carbons (Fsp3) is 0.600. The summed E-state index contributed by atoms with van der Waals surface area (Å²) >= 11 is 1.64. The monoisotopic (exact) mass is 222 g/mol. The molecule has 2 rings (SSSR count). The van der Waals surface area contributed by atoms with Crippen LogP contribution in [-0.4, -0.2) is 35.6 Å². The summed E-state index contributed by atoms with van der Waals surface area (Å²) in [6.07, 6.45) is 4.01. The Morgan fingerprint density at radius 3 is 3.00 bits per heavy atom. The summed E-state index contributed by atoms with van der Waals surface area (Å²) in [5.41, 5.74) is 0. The van der Waals surface area contributed by atoms with E-state index < -0.39 is 0 Å². The van der Waals surface area contributed by atoms with Gasteiger partial charge in [-0.25, -0.2) is 4.98 Å². The number of thiazole rings is 1. The Hall–Kier alpha value is -1.12. The van der Waals surface area contributed by atoms with Gasteiger partial charge in [0.15, 0.2) is 5.13 Å². The highest BCUT2D eigenvalue weighted by Crippen LogP contribution is 2.17. The van der Waals surface area contributed by atoms with Gasteiger partial charge in [0.05, 0.1) is 12.6 Å². The van der Waals surface area contributed by atoms with Gasteiger partial charge < -0.3 is 5.32 Å². The molecule has 0 spiro atoms. The van der Waals surface area contributed by atoms with E-state index in [1.807, 2.05) is 11.6 Å². The summed E-state index contributed by atoms with van der Waals surface area (Å²) in [6, 6.07) is 2.71. The summed E-state index contributed by atoms with van der Waals surface area (Å²) in [6.45, 7) is 2.58. The average Bonchev–Trinajstić information content (AvgIpc) is 2.74. The molecule has 80 valence electrons. The highest BCUT2D eigenvalue weighted by Gasteiger charge is 2.18. The first-order valence-corrected chi connectivity index (χ1v) is 6.02. The van der Waals surface area contributed by atoms with Crippen molar-refractivity contribution in [3.63, 3.8) is 0 Å². The molecular weight excluding hydrogens is 208 g/mol. The molecule has 1 N–H and O–H groups in total. The third-order valence-corrected chi connectivity index (χ3v) is 3.35. The van der Waals surface area contributed by atoms with E-state index >= 15 is 0 Å². The van der Waals surface area contributed by atoms with Gasteiger partial charge in [-0.2, -0.15) is 5.26 Å². The number of hydrogen-bond acceptors (Lipinski definition) is 5. The maximum Gasteiger partial charge on any atom is 0.182 e. The van der Waals surface area contributed by atoms with E-state index in [0.29, 0.717) is 12.6 Å². The van der Waals surface area contributed by atoms with Crippen LogP contribution in [0.4, 0.5) is 5.13 Å². The zero-order valence-corrected chi connectivity index (χ0v) is 9.33. The Bertz CT molecular complexity index is 322. The number of anilines is 1. The van der Waals surface area contributed by atoms with Gasteiger partial charge in [-0.3, -0.25) is 4.90 Å². The Balaban J connectivity index is 1.77. The smallest absolute Gasteiger partial charge is 0.182 e. The maximum absolute atomic E-state index is 8.58. The van der Waals surface area contributed by atoms with Crippen LogP contribution in [-0.2, 0) is 0 Å². The number of rotatable bonds is 3. The second-order valence-electron chi connectivity index (χ2n) is 3.69. The van der Waals surface area contributed by atoms with Gasteiger partial charge >= 0.3 is 0 Å². The van der Waals surface area contributed by atoms with E-state index in [9.17, 15) is 0 Å². The summed E-state index contributed by atoms with van der Waals surface area (Å²) < 4.78 is 0. The number of hydrogen-bond donors (Lipinski definition) is 1. The van der Waals surface area contributed by atoms with Crippen molar-refractivity contribution < 1.29 is 0 Å². The second-order valence-corrected chi connectivity index (χ2v) is 4.58. The maximum atomic E-state index is 8.58. The molecule has 0 radical (unpaired) electrons. The molecule has 5 heteroatoms. The molecule has 1 aromatic heterocycles. The first-order valence-electron chi connectivity index (χ1n) is 5.14. The third kappa shape index (κ3) is 2.91. The van der Waals surface area contributed by atoms with Crippen molar-refractivity contribution in [2.24, 2.45) is 0 Å². The van der Waals surface area contributed by atoms with Crippen molar-refractivity contribution in [3.8, 4) is 6.07 Å². The molecule has 15 heavy (non-hydrogen) atoms. The minimum Gasteiger partial charge on any atom is -0.359 e. The lowest BCUT2D eigenvalue weighted by Crippen LogP contribution is -2.39. The zero-order chi connectivity index (χ0) is 10.5. The van der Waals surface area contributed by atoms with E-state index in [1.165, 1.54) is 0 Å². The van der Waals surface area contributed by atoms with Gasteiger partial charge in [-0.1, -0.05) is 0 Å². The lowest BCUT2D eigenvalue weighted by molar-refractivity contribution is 0.242. The van der Waals surface area contributed by atoms with Crippen LogP contribution in [0, 0.1) is 11.3 Å². The predicted molar refractivity (Wildman–Crippen MR) is 60.8 cm³/mol. The minimum atomic E-state index is 0.520. The molecule has 1 fully saturated rings. The Morgan fingerprint density at radius 2 is 2.40 bits per heavy atom. The number of nitrogens with one attached hydrogen (secondary N) is 1. The van der Waals surface area contributed by atoms with Gasteiger partial charge in [0.25, 0.3) is 0 Å². The number of nitrogens with zero attached hydrogens (tertiary/aromatic N) is 3. The van der Waals surface area contributed by atoms with Crippen molar-refractivity contribution in [1.82, 2.24) is 9.88 Å².